The highest BCUT2D eigenvalue weighted by molar-refractivity contribution is 5.85. The van der Waals surface area contributed by atoms with Gasteiger partial charge in [0.2, 0.25) is 12.1 Å². The number of ether oxygens (including phenoxy) is 2. The van der Waals surface area contributed by atoms with Crippen LogP contribution in [0.2, 0.25) is 0 Å². The van der Waals surface area contributed by atoms with E-state index in [0.29, 0.717) is 40.4 Å². The van der Waals surface area contributed by atoms with Gasteiger partial charge in [0.1, 0.15) is 17.0 Å². The lowest BCUT2D eigenvalue weighted by molar-refractivity contribution is -0.384. The molecule has 0 radical (unpaired) electrons. The Labute approximate surface area is 259 Å². The third-order valence-corrected chi connectivity index (χ3v) is 7.72. The van der Waals surface area contributed by atoms with Crippen molar-refractivity contribution in [3.63, 3.8) is 0 Å². The predicted molar refractivity (Wildman–Crippen MR) is 169 cm³/mol. The van der Waals surface area contributed by atoms with Gasteiger partial charge in [0.15, 0.2) is 5.65 Å². The van der Waals surface area contributed by atoms with Crippen molar-refractivity contribution in [2.24, 2.45) is 0 Å². The Hall–Kier alpha value is -5.33. The maximum atomic E-state index is 12.0. The Bertz CT molecular complexity index is 1940. The zero-order chi connectivity index (χ0) is 31.3. The summed E-state index contributed by atoms with van der Waals surface area (Å²) in [6.45, 7) is 2.61. The fourth-order valence-corrected chi connectivity index (χ4v) is 5.58. The van der Waals surface area contributed by atoms with Crippen molar-refractivity contribution in [3.05, 3.63) is 106 Å². The number of aryl methyl sites for hydroxylation is 1. The molecule has 12 nitrogen and oxygen atoms in total. The van der Waals surface area contributed by atoms with E-state index in [0.717, 1.165) is 47.3 Å². The molecule has 3 aromatic carbocycles. The van der Waals surface area contributed by atoms with E-state index >= 15 is 0 Å². The van der Waals surface area contributed by atoms with Crippen LogP contribution in [0.1, 0.15) is 43.1 Å². The normalized spacial score (nSPS) is 11.5. The van der Waals surface area contributed by atoms with Crippen LogP contribution in [0.5, 0.6) is 0 Å². The minimum Gasteiger partial charge on any atom is -0.350 e. The smallest absolute Gasteiger partial charge is 0.277 e. The number of fused-ring (bicyclic) bond motifs is 1. The third-order valence-electron chi connectivity index (χ3n) is 7.72. The number of imidazole rings is 1. The Morgan fingerprint density at radius 3 is 2.40 bits per heavy atom. The monoisotopic (exact) mass is 604 g/mol. The summed E-state index contributed by atoms with van der Waals surface area (Å²) in [5.74, 6) is 1.36. The molecular formula is C33H32N8O4. The molecule has 6 rings (SSSR count). The van der Waals surface area contributed by atoms with Gasteiger partial charge in [0.05, 0.1) is 17.0 Å². The quantitative estimate of drug-likeness (QED) is 0.0934. The molecule has 0 atom stereocenters. The molecule has 6 aromatic rings. The van der Waals surface area contributed by atoms with Crippen molar-refractivity contribution in [2.75, 3.05) is 14.2 Å². The average molecular weight is 605 g/mol. The largest absolute Gasteiger partial charge is 0.350 e. The molecule has 0 aliphatic rings. The van der Waals surface area contributed by atoms with Crippen molar-refractivity contribution < 1.29 is 14.4 Å². The van der Waals surface area contributed by atoms with Crippen molar-refractivity contribution in [1.82, 2.24) is 35.2 Å². The molecule has 1 N–H and O–H groups in total. The number of benzene rings is 3. The number of aromatic nitrogens is 7. The van der Waals surface area contributed by atoms with Crippen LogP contribution in [0, 0.1) is 10.1 Å². The zero-order valence-electron chi connectivity index (χ0n) is 25.2. The standard InChI is InChI=1S/C33H32N8O4/c1-4-5-15-29-34-27-19-25(24-13-9-10-14-28(24)41(42)43)30(33(44-2)45-3)35-32(27)40(29)20-21-16-17-23(22-11-7-6-8-12-22)26(18-21)31-36-38-39-37-31/h6-14,16-19,33H,4-5,15,20H2,1-3H3,(H,36,37,38,39). The second kappa shape index (κ2) is 13.1. The molecule has 3 aromatic heterocycles. The number of tetrazole rings is 1. The van der Waals surface area contributed by atoms with Crippen LogP contribution >= 0.6 is 0 Å². The summed E-state index contributed by atoms with van der Waals surface area (Å²) in [5, 5.41) is 26.9. The summed E-state index contributed by atoms with van der Waals surface area (Å²) in [4.78, 5) is 21.6. The second-order valence-electron chi connectivity index (χ2n) is 10.5. The number of pyridine rings is 1. The number of unbranched alkanes of at least 4 members (excludes halogenated alkanes) is 1. The summed E-state index contributed by atoms with van der Waals surface area (Å²) in [7, 11) is 3.03. The van der Waals surface area contributed by atoms with E-state index in [1.807, 2.05) is 36.4 Å². The van der Waals surface area contributed by atoms with Crippen LogP contribution in [0.25, 0.3) is 44.8 Å². The minimum absolute atomic E-state index is 0.0380. The van der Waals surface area contributed by atoms with Gasteiger partial charge in [-0.25, -0.2) is 9.97 Å². The SMILES string of the molecule is CCCCc1nc2cc(-c3ccccc3[N+](=O)[O-])c(C(OC)OC)nc2n1Cc1ccc(-c2ccccc2)c(-c2nn[nH]n2)c1. The lowest BCUT2D eigenvalue weighted by Gasteiger charge is -2.18. The Morgan fingerprint density at radius 1 is 0.911 bits per heavy atom. The molecule has 0 bridgehead atoms. The first-order valence-electron chi connectivity index (χ1n) is 14.6. The molecule has 0 aliphatic carbocycles. The van der Waals surface area contributed by atoms with Crippen LogP contribution in [0.15, 0.2) is 78.9 Å². The van der Waals surface area contributed by atoms with Gasteiger partial charge in [-0.2, -0.15) is 5.21 Å². The van der Waals surface area contributed by atoms with E-state index in [-0.39, 0.29) is 5.69 Å². The van der Waals surface area contributed by atoms with Crippen molar-refractivity contribution >= 4 is 16.9 Å². The topological polar surface area (TPSA) is 147 Å². The maximum absolute atomic E-state index is 12.0. The number of nitrogens with zero attached hydrogens (tertiary/aromatic N) is 7. The summed E-state index contributed by atoms with van der Waals surface area (Å²) in [6, 6.07) is 24.7. The van der Waals surface area contributed by atoms with Gasteiger partial charge < -0.3 is 14.0 Å². The molecule has 0 fully saturated rings. The van der Waals surface area contributed by atoms with Gasteiger partial charge in [-0.05, 0) is 46.5 Å². The van der Waals surface area contributed by atoms with Gasteiger partial charge in [0, 0.05) is 37.8 Å². The van der Waals surface area contributed by atoms with E-state index in [9.17, 15) is 10.1 Å². The Kier molecular flexibility index (Phi) is 8.67. The van der Waals surface area contributed by atoms with Gasteiger partial charge in [-0.1, -0.05) is 67.9 Å². The van der Waals surface area contributed by atoms with E-state index < -0.39 is 11.2 Å². The number of nitro benzene ring substituents is 1. The number of rotatable bonds is 12. The van der Waals surface area contributed by atoms with Gasteiger partial charge in [0.25, 0.3) is 5.69 Å². The van der Waals surface area contributed by atoms with Crippen molar-refractivity contribution in [2.45, 2.75) is 39.0 Å². The highest BCUT2D eigenvalue weighted by Crippen LogP contribution is 2.37. The Balaban J connectivity index is 1.52. The lowest BCUT2D eigenvalue weighted by Crippen LogP contribution is -2.11. The third kappa shape index (κ3) is 5.93. The number of nitrogens with one attached hydrogen (secondary N) is 1. The predicted octanol–water partition coefficient (Wildman–Crippen LogP) is 6.54. The van der Waals surface area contributed by atoms with Crippen LogP contribution < -0.4 is 0 Å². The van der Waals surface area contributed by atoms with Crippen LogP contribution in [0.3, 0.4) is 0 Å². The maximum Gasteiger partial charge on any atom is 0.277 e. The summed E-state index contributed by atoms with van der Waals surface area (Å²) < 4.78 is 13.4. The summed E-state index contributed by atoms with van der Waals surface area (Å²) >= 11 is 0. The molecule has 0 saturated carbocycles. The van der Waals surface area contributed by atoms with Crippen LogP contribution in [-0.2, 0) is 22.4 Å². The fraction of sp³-hybridized carbons (Fsp3) is 0.242. The molecule has 0 aliphatic heterocycles. The molecule has 12 heteroatoms. The minimum atomic E-state index is -0.860. The molecule has 228 valence electrons. The molecular weight excluding hydrogens is 572 g/mol. The van der Waals surface area contributed by atoms with Crippen molar-refractivity contribution in [1.29, 1.82) is 0 Å². The first kappa shape index (κ1) is 29.7. The van der Waals surface area contributed by atoms with E-state index in [1.165, 1.54) is 20.3 Å². The number of hydrogen-bond acceptors (Lipinski definition) is 9. The summed E-state index contributed by atoms with van der Waals surface area (Å²) in [6.07, 6.45) is 1.81. The molecule has 45 heavy (non-hydrogen) atoms. The number of nitro groups is 1. The Morgan fingerprint density at radius 2 is 1.69 bits per heavy atom. The van der Waals surface area contributed by atoms with Gasteiger partial charge >= 0.3 is 0 Å². The van der Waals surface area contributed by atoms with E-state index in [1.54, 1.807) is 18.2 Å². The van der Waals surface area contributed by atoms with Crippen LogP contribution in [-0.4, -0.2) is 54.3 Å². The zero-order valence-corrected chi connectivity index (χ0v) is 25.2. The fourth-order valence-electron chi connectivity index (χ4n) is 5.58. The molecule has 0 unspecified atom stereocenters. The van der Waals surface area contributed by atoms with Crippen LogP contribution in [0.4, 0.5) is 5.69 Å². The first-order chi connectivity index (χ1) is 22.0. The number of para-hydroxylation sites is 1. The number of hydrogen-bond donors (Lipinski definition) is 1. The molecule has 0 spiro atoms. The number of H-pyrrole nitrogens is 1. The second-order valence-corrected chi connectivity index (χ2v) is 10.5. The highest BCUT2D eigenvalue weighted by atomic mass is 16.7. The number of aromatic amines is 1. The first-order valence-corrected chi connectivity index (χ1v) is 14.6. The molecule has 0 amide bonds. The number of methoxy groups -OCH3 is 2. The van der Waals surface area contributed by atoms with Gasteiger partial charge in [-0.3, -0.25) is 10.1 Å². The van der Waals surface area contributed by atoms with E-state index in [4.69, 9.17) is 19.4 Å². The van der Waals surface area contributed by atoms with Gasteiger partial charge in [-0.15, -0.1) is 10.2 Å². The molecule has 3 heterocycles. The lowest BCUT2D eigenvalue weighted by atomic mass is 9.97. The summed E-state index contributed by atoms with van der Waals surface area (Å²) in [5.41, 5.74) is 6.46. The highest BCUT2D eigenvalue weighted by Gasteiger charge is 2.26. The van der Waals surface area contributed by atoms with E-state index in [2.05, 4.69) is 50.3 Å². The average Bonchev–Trinajstić information content (AvgIpc) is 3.73. The van der Waals surface area contributed by atoms with Crippen molar-refractivity contribution in [3.8, 4) is 33.6 Å². The molecule has 0 saturated heterocycles.